The van der Waals surface area contributed by atoms with Gasteiger partial charge in [-0.2, -0.15) is 0 Å². The van der Waals surface area contributed by atoms with Crippen LogP contribution in [0.15, 0.2) is 103 Å². The van der Waals surface area contributed by atoms with Crippen LogP contribution in [0.5, 0.6) is 0 Å². The molecule has 0 aliphatic heterocycles. The molecule has 0 aliphatic carbocycles. The summed E-state index contributed by atoms with van der Waals surface area (Å²) in [6.45, 7) is 3.09. The fourth-order valence-electron chi connectivity index (χ4n) is 5.88. The van der Waals surface area contributed by atoms with Gasteiger partial charge in [0.1, 0.15) is 24.0 Å². The van der Waals surface area contributed by atoms with E-state index >= 15 is 0 Å². The van der Waals surface area contributed by atoms with E-state index in [1.807, 2.05) is 96.6 Å². The van der Waals surface area contributed by atoms with Crippen molar-refractivity contribution in [3.8, 4) is 0 Å². The summed E-state index contributed by atoms with van der Waals surface area (Å²) in [5, 5.41) is 2.74. The number of rotatable bonds is 21. The van der Waals surface area contributed by atoms with E-state index in [0.717, 1.165) is 21.9 Å². The molecule has 1 heterocycles. The number of nitrogens with zero attached hydrogens (tertiary/aromatic N) is 3. The van der Waals surface area contributed by atoms with Gasteiger partial charge in [-0.1, -0.05) is 91.0 Å². The predicted octanol–water partition coefficient (Wildman–Crippen LogP) is 5.45. The number of amides is 3. The van der Waals surface area contributed by atoms with Crippen LogP contribution in [0.2, 0.25) is 0 Å². The molecule has 3 amide bonds. The van der Waals surface area contributed by atoms with E-state index in [0.29, 0.717) is 37.8 Å². The van der Waals surface area contributed by atoms with Gasteiger partial charge in [0.2, 0.25) is 18.1 Å². The molecule has 0 aliphatic rings. The molecule has 3 N–H and O–H groups in total. The fraction of sp³-hybridized carbons (Fsp3) is 0.375. The lowest BCUT2D eigenvalue weighted by molar-refractivity contribution is -0.152. The number of carbonyl (C=O) groups excluding carboxylic acids is 4. The lowest BCUT2D eigenvalue weighted by Gasteiger charge is -2.39. The maximum absolute atomic E-state index is 14.2. The number of nitrogens with one attached hydrogen (secondary N) is 1. The summed E-state index contributed by atoms with van der Waals surface area (Å²) in [6.07, 6.45) is 7.54. The van der Waals surface area contributed by atoms with Gasteiger partial charge in [0.05, 0.1) is 19.6 Å². The van der Waals surface area contributed by atoms with Gasteiger partial charge in [-0.3, -0.25) is 19.3 Å². The summed E-state index contributed by atoms with van der Waals surface area (Å²) in [5.41, 5.74) is 7.31. The quantitative estimate of drug-likeness (QED) is 0.110. The summed E-state index contributed by atoms with van der Waals surface area (Å²) < 4.78 is 13.1. The van der Waals surface area contributed by atoms with Crippen LogP contribution in [0.4, 0.5) is 4.79 Å². The number of unbranched alkanes of at least 4 members (excludes halogenated alkanes) is 2. The van der Waals surface area contributed by atoms with Crippen molar-refractivity contribution in [1.82, 2.24) is 19.8 Å². The van der Waals surface area contributed by atoms with Gasteiger partial charge in [0, 0.05) is 25.5 Å². The van der Waals surface area contributed by atoms with Crippen molar-refractivity contribution in [2.45, 2.75) is 83.2 Å². The molecule has 11 nitrogen and oxygen atoms in total. The lowest BCUT2D eigenvalue weighted by Crippen LogP contribution is -2.61. The first-order valence-electron chi connectivity index (χ1n) is 17.4. The maximum Gasteiger partial charge on any atom is 0.407 e. The van der Waals surface area contributed by atoms with Gasteiger partial charge in [-0.25, -0.2) is 9.78 Å². The molecule has 2 atom stereocenters. The van der Waals surface area contributed by atoms with Crippen LogP contribution in [0.3, 0.4) is 0 Å². The van der Waals surface area contributed by atoms with Gasteiger partial charge < -0.3 is 25.1 Å². The summed E-state index contributed by atoms with van der Waals surface area (Å²) in [4.78, 5) is 59.1. The Morgan fingerprint density at radius 3 is 2.04 bits per heavy atom. The molecule has 3 aromatic carbocycles. The van der Waals surface area contributed by atoms with Crippen LogP contribution >= 0.6 is 0 Å². The molecular formula is C40H48N5O6. The third-order valence-corrected chi connectivity index (χ3v) is 8.67. The molecule has 4 aromatic rings. The van der Waals surface area contributed by atoms with E-state index in [-0.39, 0.29) is 45.6 Å². The maximum atomic E-state index is 14.2. The van der Waals surface area contributed by atoms with E-state index in [9.17, 15) is 19.2 Å². The monoisotopic (exact) mass is 694 g/mol. The number of hydrogen-bond donors (Lipinski definition) is 2. The molecule has 11 heteroatoms. The Hall–Kier alpha value is -5.13. The van der Waals surface area contributed by atoms with Crippen molar-refractivity contribution in [2.75, 3.05) is 13.2 Å². The molecule has 269 valence electrons. The highest BCUT2D eigenvalue weighted by molar-refractivity contribution is 6.02. The zero-order valence-electron chi connectivity index (χ0n) is 29.2. The SMILES string of the molecule is Cc1nccn1CCCC[C@@]([C]=O)(CCCCNC(=O)OCc1ccccc1)N(C(=O)Cc1ccccc1)C(=O)[C@@H](N)COCc1ccccc1. The number of aromatic nitrogens is 2. The minimum Gasteiger partial charge on any atom is -0.445 e. The number of imide groups is 1. The van der Waals surface area contributed by atoms with E-state index in [1.165, 1.54) is 0 Å². The highest BCUT2D eigenvalue weighted by atomic mass is 16.5. The van der Waals surface area contributed by atoms with Gasteiger partial charge in [-0.05, 0) is 62.1 Å². The second-order valence-electron chi connectivity index (χ2n) is 12.5. The Labute approximate surface area is 300 Å². The highest BCUT2D eigenvalue weighted by Crippen LogP contribution is 2.29. The second-order valence-corrected chi connectivity index (χ2v) is 12.5. The van der Waals surface area contributed by atoms with Crippen molar-refractivity contribution in [3.63, 3.8) is 0 Å². The number of carbonyl (C=O) groups is 3. The van der Waals surface area contributed by atoms with E-state index in [4.69, 9.17) is 15.2 Å². The molecular weight excluding hydrogens is 646 g/mol. The van der Waals surface area contributed by atoms with Crippen LogP contribution in [-0.2, 0) is 50.0 Å². The highest BCUT2D eigenvalue weighted by Gasteiger charge is 2.45. The molecule has 0 bridgehead atoms. The van der Waals surface area contributed by atoms with Crippen LogP contribution in [-0.4, -0.2) is 63.4 Å². The normalized spacial score (nSPS) is 12.7. The van der Waals surface area contributed by atoms with Gasteiger partial charge in [0.15, 0.2) is 0 Å². The summed E-state index contributed by atoms with van der Waals surface area (Å²) in [7, 11) is 0. The summed E-state index contributed by atoms with van der Waals surface area (Å²) in [5.74, 6) is -0.365. The minimum atomic E-state index is -1.59. The van der Waals surface area contributed by atoms with Gasteiger partial charge >= 0.3 is 6.09 Å². The van der Waals surface area contributed by atoms with Crippen molar-refractivity contribution >= 4 is 24.2 Å². The Morgan fingerprint density at radius 2 is 1.45 bits per heavy atom. The van der Waals surface area contributed by atoms with E-state index in [1.54, 1.807) is 18.3 Å². The molecule has 0 unspecified atom stereocenters. The van der Waals surface area contributed by atoms with Gasteiger partial charge in [-0.15, -0.1) is 0 Å². The third-order valence-electron chi connectivity index (χ3n) is 8.67. The first-order chi connectivity index (χ1) is 24.8. The fourth-order valence-corrected chi connectivity index (χ4v) is 5.88. The lowest BCUT2D eigenvalue weighted by atomic mass is 9.85. The molecule has 51 heavy (non-hydrogen) atoms. The smallest absolute Gasteiger partial charge is 0.407 e. The van der Waals surface area contributed by atoms with Crippen molar-refractivity contribution in [2.24, 2.45) is 5.73 Å². The van der Waals surface area contributed by atoms with E-state index < -0.39 is 29.5 Å². The van der Waals surface area contributed by atoms with Crippen molar-refractivity contribution in [3.05, 3.63) is 126 Å². The van der Waals surface area contributed by atoms with Crippen molar-refractivity contribution < 1.29 is 28.7 Å². The first kappa shape index (κ1) is 38.7. The molecule has 1 radical (unpaired) electrons. The Morgan fingerprint density at radius 1 is 0.863 bits per heavy atom. The molecule has 0 saturated carbocycles. The molecule has 0 fully saturated rings. The van der Waals surface area contributed by atoms with Crippen LogP contribution in [0.25, 0.3) is 0 Å². The number of benzene rings is 3. The largest absolute Gasteiger partial charge is 0.445 e. The summed E-state index contributed by atoms with van der Waals surface area (Å²) >= 11 is 0. The van der Waals surface area contributed by atoms with Crippen molar-refractivity contribution in [1.29, 1.82) is 0 Å². The average Bonchev–Trinajstić information content (AvgIpc) is 3.57. The molecule has 0 saturated heterocycles. The minimum absolute atomic E-state index is 0.101. The van der Waals surface area contributed by atoms with Crippen LogP contribution in [0.1, 0.15) is 61.0 Å². The Bertz CT molecular complexity index is 1650. The second kappa shape index (κ2) is 20.5. The molecule has 1 aromatic heterocycles. The number of imidazole rings is 1. The number of hydrogen-bond acceptors (Lipinski definition) is 8. The number of aryl methyl sites for hydroxylation is 2. The predicted molar refractivity (Wildman–Crippen MR) is 194 cm³/mol. The average molecular weight is 695 g/mol. The number of alkyl carbamates (subject to hydrolysis) is 1. The standard InChI is InChI=1S/C40H48N5O6/c1-32-42-24-26-44(32)25-14-12-22-40(31-46,21-11-13-23-43-39(49)51-29-35-19-9-4-10-20-35)45(37(47)27-33-15-5-2-6-16-33)38(48)36(41)30-50-28-34-17-7-3-8-18-34/h2-10,15-20,24,26,36H,11-14,21-23,25,27-30,41H2,1H3,(H,43,49)/t36-,40+/m0/s1. The Kier molecular flexibility index (Phi) is 15.6. The van der Waals surface area contributed by atoms with Crippen LogP contribution < -0.4 is 11.1 Å². The van der Waals surface area contributed by atoms with Crippen LogP contribution in [0, 0.1) is 6.92 Å². The Balaban J connectivity index is 1.48. The molecule has 0 spiro atoms. The zero-order chi connectivity index (χ0) is 36.3. The number of nitrogens with two attached hydrogens (primary N) is 1. The molecule has 4 rings (SSSR count). The topological polar surface area (TPSA) is 146 Å². The van der Waals surface area contributed by atoms with E-state index in [2.05, 4.69) is 16.6 Å². The third kappa shape index (κ3) is 12.3. The van der Waals surface area contributed by atoms with Gasteiger partial charge in [0.25, 0.3) is 0 Å². The first-order valence-corrected chi connectivity index (χ1v) is 17.4. The zero-order valence-corrected chi connectivity index (χ0v) is 29.2. The number of ether oxygens (including phenoxy) is 2. The summed E-state index contributed by atoms with van der Waals surface area (Å²) in [6, 6.07) is 26.7.